The normalized spacial score (nSPS) is 20.9. The van der Waals surface area contributed by atoms with E-state index in [1.54, 1.807) is 5.56 Å². The molecule has 1 aliphatic heterocycles. The van der Waals surface area contributed by atoms with Crippen LogP contribution >= 0.6 is 0 Å². The molecule has 1 aliphatic rings. The first-order chi connectivity index (χ1) is 7.81. The molecule has 1 fully saturated rings. The van der Waals surface area contributed by atoms with Crippen LogP contribution in [0.15, 0.2) is 30.3 Å². The third-order valence-corrected chi connectivity index (χ3v) is 4.00. The Morgan fingerprint density at radius 1 is 1.19 bits per heavy atom. The van der Waals surface area contributed by atoms with E-state index >= 15 is 0 Å². The molecule has 1 atom stereocenters. The van der Waals surface area contributed by atoms with Crippen LogP contribution in [0.4, 0.5) is 0 Å². The molecule has 0 amide bonds. The highest BCUT2D eigenvalue weighted by molar-refractivity contribution is 5.20. The van der Waals surface area contributed by atoms with Gasteiger partial charge >= 0.3 is 0 Å². The van der Waals surface area contributed by atoms with Crippen molar-refractivity contribution in [3.63, 3.8) is 0 Å². The summed E-state index contributed by atoms with van der Waals surface area (Å²) in [5.41, 5.74) is 1.54. The van der Waals surface area contributed by atoms with Gasteiger partial charge in [0.25, 0.3) is 0 Å². The largest absolute Gasteiger partial charge is 0.306 e. The minimum absolute atomic E-state index is 0.773. The van der Waals surface area contributed by atoms with Crippen LogP contribution in [-0.2, 0) is 0 Å². The third-order valence-electron chi connectivity index (χ3n) is 4.00. The number of piperidine rings is 1. The van der Waals surface area contributed by atoms with Crippen molar-refractivity contribution in [1.82, 2.24) is 4.90 Å². The van der Waals surface area contributed by atoms with E-state index in [2.05, 4.69) is 49.2 Å². The summed E-state index contributed by atoms with van der Waals surface area (Å²) in [7, 11) is 2.24. The van der Waals surface area contributed by atoms with Crippen LogP contribution in [0.5, 0.6) is 0 Å². The highest BCUT2D eigenvalue weighted by Gasteiger charge is 2.24. The van der Waals surface area contributed by atoms with E-state index in [1.165, 1.54) is 32.4 Å². The lowest BCUT2D eigenvalue weighted by atomic mass is 9.79. The molecule has 1 aromatic carbocycles. The van der Waals surface area contributed by atoms with Gasteiger partial charge in [0.15, 0.2) is 0 Å². The molecule has 1 heterocycles. The van der Waals surface area contributed by atoms with Crippen LogP contribution in [0, 0.1) is 5.92 Å². The lowest BCUT2D eigenvalue weighted by molar-refractivity contribution is 0.196. The molecule has 88 valence electrons. The van der Waals surface area contributed by atoms with E-state index in [9.17, 15) is 0 Å². The zero-order valence-corrected chi connectivity index (χ0v) is 10.5. The third kappa shape index (κ3) is 2.65. The Morgan fingerprint density at radius 2 is 1.81 bits per heavy atom. The first-order valence-electron chi connectivity index (χ1n) is 6.54. The molecule has 2 rings (SSSR count). The quantitative estimate of drug-likeness (QED) is 0.748. The standard InChI is InChI=1S/C15H23N/c1-3-15(13-7-5-4-6-8-13)14-9-11-16(2)12-10-14/h4-8,14-15H,3,9-12H2,1-2H3. The second-order valence-corrected chi connectivity index (χ2v) is 5.07. The topological polar surface area (TPSA) is 3.24 Å². The van der Waals surface area contributed by atoms with Crippen molar-refractivity contribution in [1.29, 1.82) is 0 Å². The summed E-state index contributed by atoms with van der Waals surface area (Å²) in [6, 6.07) is 11.1. The summed E-state index contributed by atoms with van der Waals surface area (Å²) in [6.45, 7) is 4.87. The van der Waals surface area contributed by atoms with E-state index < -0.39 is 0 Å². The van der Waals surface area contributed by atoms with Gasteiger partial charge in [-0.15, -0.1) is 0 Å². The fourth-order valence-electron chi connectivity index (χ4n) is 2.97. The Bertz CT molecular complexity index is 298. The predicted molar refractivity (Wildman–Crippen MR) is 69.7 cm³/mol. The Morgan fingerprint density at radius 3 is 2.38 bits per heavy atom. The fraction of sp³-hybridized carbons (Fsp3) is 0.600. The van der Waals surface area contributed by atoms with Crippen LogP contribution in [-0.4, -0.2) is 25.0 Å². The summed E-state index contributed by atoms with van der Waals surface area (Å²) in [4.78, 5) is 2.45. The molecule has 1 saturated heterocycles. The second-order valence-electron chi connectivity index (χ2n) is 5.07. The predicted octanol–water partition coefficient (Wildman–Crippen LogP) is 3.52. The van der Waals surface area contributed by atoms with Crippen LogP contribution in [0.25, 0.3) is 0 Å². The molecule has 16 heavy (non-hydrogen) atoms. The summed E-state index contributed by atoms with van der Waals surface area (Å²) < 4.78 is 0. The summed E-state index contributed by atoms with van der Waals surface area (Å²) in [5.74, 6) is 1.67. The molecule has 0 aromatic heterocycles. The molecule has 0 aliphatic carbocycles. The van der Waals surface area contributed by atoms with E-state index in [4.69, 9.17) is 0 Å². The van der Waals surface area contributed by atoms with Crippen molar-refractivity contribution >= 4 is 0 Å². The number of likely N-dealkylation sites (tertiary alicyclic amines) is 1. The molecule has 0 radical (unpaired) electrons. The van der Waals surface area contributed by atoms with Gasteiger partial charge in [-0.1, -0.05) is 37.3 Å². The molecular formula is C15H23N. The van der Waals surface area contributed by atoms with Crippen molar-refractivity contribution in [2.24, 2.45) is 5.92 Å². The van der Waals surface area contributed by atoms with Gasteiger partial charge in [0.05, 0.1) is 0 Å². The summed E-state index contributed by atoms with van der Waals surface area (Å²) in [5, 5.41) is 0. The number of rotatable bonds is 3. The smallest absolute Gasteiger partial charge is 0.00189 e. The maximum absolute atomic E-state index is 2.45. The molecule has 0 saturated carbocycles. The molecule has 1 nitrogen and oxygen atoms in total. The van der Waals surface area contributed by atoms with Crippen LogP contribution in [0.1, 0.15) is 37.7 Å². The maximum Gasteiger partial charge on any atom is -0.00189 e. The second kappa shape index (κ2) is 5.49. The minimum Gasteiger partial charge on any atom is -0.306 e. The number of hydrogen-bond acceptors (Lipinski definition) is 1. The Kier molecular flexibility index (Phi) is 4.00. The lowest BCUT2D eigenvalue weighted by Crippen LogP contribution is -2.32. The van der Waals surface area contributed by atoms with Gasteiger partial charge in [-0.25, -0.2) is 0 Å². The van der Waals surface area contributed by atoms with Gasteiger partial charge < -0.3 is 4.90 Å². The fourth-order valence-corrected chi connectivity index (χ4v) is 2.97. The monoisotopic (exact) mass is 217 g/mol. The van der Waals surface area contributed by atoms with Crippen molar-refractivity contribution in [3.8, 4) is 0 Å². The zero-order chi connectivity index (χ0) is 11.4. The van der Waals surface area contributed by atoms with E-state index in [0.29, 0.717) is 0 Å². The van der Waals surface area contributed by atoms with Gasteiger partial charge in [-0.05, 0) is 56.8 Å². The number of benzene rings is 1. The van der Waals surface area contributed by atoms with Crippen molar-refractivity contribution in [2.45, 2.75) is 32.1 Å². The van der Waals surface area contributed by atoms with Gasteiger partial charge in [0.2, 0.25) is 0 Å². The Labute approximate surface area is 99.5 Å². The van der Waals surface area contributed by atoms with Crippen molar-refractivity contribution < 1.29 is 0 Å². The molecule has 1 aromatic rings. The van der Waals surface area contributed by atoms with Crippen molar-refractivity contribution in [2.75, 3.05) is 20.1 Å². The van der Waals surface area contributed by atoms with Crippen LogP contribution in [0.3, 0.4) is 0 Å². The minimum atomic E-state index is 0.773. The van der Waals surface area contributed by atoms with E-state index in [-0.39, 0.29) is 0 Å². The SMILES string of the molecule is CCC(c1ccccc1)C1CCN(C)CC1. The van der Waals surface area contributed by atoms with Gasteiger partial charge in [-0.3, -0.25) is 0 Å². The first-order valence-corrected chi connectivity index (χ1v) is 6.54. The molecule has 0 bridgehead atoms. The number of hydrogen-bond donors (Lipinski definition) is 0. The number of nitrogens with zero attached hydrogens (tertiary/aromatic N) is 1. The maximum atomic E-state index is 2.45. The lowest BCUT2D eigenvalue weighted by Gasteiger charge is -2.34. The molecule has 1 heteroatoms. The van der Waals surface area contributed by atoms with E-state index in [1.807, 2.05) is 0 Å². The van der Waals surface area contributed by atoms with Gasteiger partial charge in [-0.2, -0.15) is 0 Å². The molecule has 1 unspecified atom stereocenters. The average molecular weight is 217 g/mol. The molecular weight excluding hydrogens is 194 g/mol. The summed E-state index contributed by atoms with van der Waals surface area (Å²) in [6.07, 6.45) is 4.01. The Hall–Kier alpha value is -0.820. The zero-order valence-electron chi connectivity index (χ0n) is 10.5. The first kappa shape index (κ1) is 11.7. The van der Waals surface area contributed by atoms with Gasteiger partial charge in [0, 0.05) is 0 Å². The highest BCUT2D eigenvalue weighted by Crippen LogP contribution is 2.34. The Balaban J connectivity index is 2.05. The summed E-state index contributed by atoms with van der Waals surface area (Å²) >= 11 is 0. The van der Waals surface area contributed by atoms with Crippen LogP contribution < -0.4 is 0 Å². The van der Waals surface area contributed by atoms with E-state index in [0.717, 1.165) is 11.8 Å². The highest BCUT2D eigenvalue weighted by atomic mass is 15.1. The van der Waals surface area contributed by atoms with Crippen molar-refractivity contribution in [3.05, 3.63) is 35.9 Å². The molecule has 0 N–H and O–H groups in total. The average Bonchev–Trinajstić information content (AvgIpc) is 2.34. The van der Waals surface area contributed by atoms with Gasteiger partial charge in [0.1, 0.15) is 0 Å². The van der Waals surface area contributed by atoms with Crippen LogP contribution in [0.2, 0.25) is 0 Å². The molecule has 0 spiro atoms.